The van der Waals surface area contributed by atoms with Crippen LogP contribution in [0.3, 0.4) is 0 Å². The first-order valence-electron chi connectivity index (χ1n) is 13.6. The molecule has 1 heterocycles. The lowest BCUT2D eigenvalue weighted by Gasteiger charge is -2.19. The number of carbonyl (C=O) groups excluding carboxylic acids is 1. The molecule has 1 aromatic heterocycles. The Morgan fingerprint density at radius 3 is 2.42 bits per heavy atom. The van der Waals surface area contributed by atoms with Gasteiger partial charge < -0.3 is 19.7 Å². The first kappa shape index (κ1) is 29.2. The van der Waals surface area contributed by atoms with Crippen molar-refractivity contribution in [2.45, 2.75) is 66.7 Å². The largest absolute Gasteiger partial charge is 0.478 e. The van der Waals surface area contributed by atoms with E-state index in [2.05, 4.69) is 42.8 Å². The second kappa shape index (κ2) is 12.2. The molecule has 4 rings (SSSR count). The number of nitrogens with zero attached hydrogens (tertiary/aromatic N) is 1. The Balaban J connectivity index is 1.57. The second-order valence-electron chi connectivity index (χ2n) is 11.0. The van der Waals surface area contributed by atoms with Crippen LogP contribution >= 0.6 is 11.6 Å². The molecule has 4 aromatic rings. The van der Waals surface area contributed by atoms with E-state index in [0.717, 1.165) is 33.3 Å². The van der Waals surface area contributed by atoms with Crippen molar-refractivity contribution in [3.8, 4) is 5.75 Å². The van der Waals surface area contributed by atoms with Gasteiger partial charge in [-0.1, -0.05) is 63.6 Å². The maximum absolute atomic E-state index is 13.0. The normalized spacial score (nSPS) is 12.2. The average molecular weight is 561 g/mol. The number of ether oxygens (including phenoxy) is 1. The number of halogens is 1. The molecule has 0 fully saturated rings. The van der Waals surface area contributed by atoms with E-state index >= 15 is 0 Å². The molecule has 40 heavy (non-hydrogen) atoms. The third-order valence-corrected chi connectivity index (χ3v) is 7.80. The van der Waals surface area contributed by atoms with Gasteiger partial charge in [-0.15, -0.1) is 0 Å². The Morgan fingerprint density at radius 2 is 1.75 bits per heavy atom. The molecule has 0 saturated carbocycles. The fraction of sp³-hybridized carbons (Fsp3) is 0.333. The van der Waals surface area contributed by atoms with Crippen LogP contribution in [0, 0.1) is 19.8 Å². The van der Waals surface area contributed by atoms with Gasteiger partial charge in [0, 0.05) is 46.2 Å². The van der Waals surface area contributed by atoms with Crippen molar-refractivity contribution in [3.63, 3.8) is 0 Å². The van der Waals surface area contributed by atoms with Crippen LogP contribution in [-0.4, -0.2) is 27.7 Å². The number of amides is 1. The molecule has 210 valence electrons. The quantitative estimate of drug-likeness (QED) is 0.210. The molecule has 0 bridgehead atoms. The summed E-state index contributed by atoms with van der Waals surface area (Å²) in [6, 6.07) is 19.3. The number of carbonyl (C=O) groups is 2. The van der Waals surface area contributed by atoms with E-state index in [4.69, 9.17) is 16.3 Å². The predicted molar refractivity (Wildman–Crippen MR) is 161 cm³/mol. The molecule has 3 aromatic carbocycles. The maximum atomic E-state index is 13.0. The van der Waals surface area contributed by atoms with Gasteiger partial charge in [-0.2, -0.15) is 0 Å². The minimum Gasteiger partial charge on any atom is -0.478 e. The third-order valence-electron chi connectivity index (χ3n) is 7.43. The van der Waals surface area contributed by atoms with Crippen LogP contribution in [0.5, 0.6) is 5.75 Å². The molecule has 0 aliphatic rings. The molecule has 7 heteroatoms. The number of aromatic nitrogens is 1. The van der Waals surface area contributed by atoms with Crippen LogP contribution in [0.1, 0.15) is 71.9 Å². The number of rotatable bonds is 10. The molecule has 1 unspecified atom stereocenters. The monoisotopic (exact) mass is 560 g/mol. The van der Waals surface area contributed by atoms with E-state index in [0.29, 0.717) is 35.3 Å². The third kappa shape index (κ3) is 6.34. The van der Waals surface area contributed by atoms with Gasteiger partial charge in [0.2, 0.25) is 0 Å². The minimum atomic E-state index is -1.00. The summed E-state index contributed by atoms with van der Waals surface area (Å²) in [7, 11) is 0. The summed E-state index contributed by atoms with van der Waals surface area (Å²) in [5.74, 6) is -0.415. The van der Waals surface area contributed by atoms with Crippen LogP contribution in [0.25, 0.3) is 10.9 Å². The van der Waals surface area contributed by atoms with Crippen molar-refractivity contribution in [1.29, 1.82) is 0 Å². The highest BCUT2D eigenvalue weighted by Crippen LogP contribution is 2.30. The van der Waals surface area contributed by atoms with Gasteiger partial charge in [-0.3, -0.25) is 4.79 Å². The number of aryl methyl sites for hydroxylation is 1. The van der Waals surface area contributed by atoms with E-state index in [1.165, 1.54) is 5.56 Å². The smallest absolute Gasteiger partial charge is 0.345 e. The molecular formula is C33H37ClN2O4. The Hall–Kier alpha value is -3.77. The van der Waals surface area contributed by atoms with Crippen LogP contribution in [0.15, 0.2) is 60.7 Å². The summed E-state index contributed by atoms with van der Waals surface area (Å²) in [4.78, 5) is 24.7. The number of carboxylic acids is 1. The van der Waals surface area contributed by atoms with E-state index in [-0.39, 0.29) is 11.8 Å². The summed E-state index contributed by atoms with van der Waals surface area (Å²) in [6.45, 7) is 13.0. The van der Waals surface area contributed by atoms with Gasteiger partial charge in [0.25, 0.3) is 5.91 Å². The van der Waals surface area contributed by atoms with Gasteiger partial charge in [0.05, 0.1) is 0 Å². The summed E-state index contributed by atoms with van der Waals surface area (Å²) < 4.78 is 7.96. The molecule has 2 N–H and O–H groups in total. The highest BCUT2D eigenvalue weighted by atomic mass is 35.5. The molecular weight excluding hydrogens is 524 g/mol. The lowest BCUT2D eigenvalue weighted by atomic mass is 10.0. The number of nitrogens with one attached hydrogen (secondary N) is 1. The number of carboxylic acid groups (broad SMARTS) is 1. The molecule has 0 saturated heterocycles. The van der Waals surface area contributed by atoms with Crippen LogP contribution < -0.4 is 10.1 Å². The Labute approximate surface area is 240 Å². The number of hydrogen-bond acceptors (Lipinski definition) is 3. The van der Waals surface area contributed by atoms with Crippen molar-refractivity contribution >= 4 is 34.4 Å². The number of benzene rings is 3. The molecule has 1 amide bonds. The lowest BCUT2D eigenvalue weighted by molar-refractivity contribution is -0.147. The summed E-state index contributed by atoms with van der Waals surface area (Å²) >= 11 is 6.56. The Bertz CT molecular complexity index is 1550. The topological polar surface area (TPSA) is 80.6 Å². The molecule has 0 radical (unpaired) electrons. The van der Waals surface area contributed by atoms with Gasteiger partial charge in [0.15, 0.2) is 6.10 Å². The number of fused-ring (bicyclic) bond motifs is 1. The number of aliphatic carboxylic acids is 1. The van der Waals surface area contributed by atoms with Gasteiger partial charge >= 0.3 is 5.97 Å². The second-order valence-corrected chi connectivity index (χ2v) is 11.4. The standard InChI is InChI=1S/C33H37ClN2O4/c1-19(2)24-9-7-8-23(14-24)17-35-32(37)25-10-13-30-28(16-25)21(5)22(6)36(30)18-26-15-27(11-12-29(26)34)40-31(20(3)4)33(38)39/h7-16,19-20,31H,17-18H2,1-6H3,(H,35,37)(H,38,39). The van der Waals surface area contributed by atoms with E-state index in [1.807, 2.05) is 51.1 Å². The fourth-order valence-electron chi connectivity index (χ4n) is 4.88. The lowest BCUT2D eigenvalue weighted by Crippen LogP contribution is -2.32. The fourth-order valence-corrected chi connectivity index (χ4v) is 5.05. The van der Waals surface area contributed by atoms with Crippen molar-refractivity contribution in [2.24, 2.45) is 5.92 Å². The van der Waals surface area contributed by atoms with Crippen molar-refractivity contribution in [2.75, 3.05) is 0 Å². The minimum absolute atomic E-state index is 0.118. The molecule has 6 nitrogen and oxygen atoms in total. The van der Waals surface area contributed by atoms with Gasteiger partial charge in [-0.05, 0) is 78.4 Å². The molecule has 0 aliphatic heterocycles. The van der Waals surface area contributed by atoms with Crippen molar-refractivity contribution in [3.05, 3.63) is 99.2 Å². The SMILES string of the molecule is Cc1c(C)n(Cc2cc(OC(C(=O)O)C(C)C)ccc2Cl)c2ccc(C(=O)NCc3cccc(C(C)C)c3)cc12. The highest BCUT2D eigenvalue weighted by molar-refractivity contribution is 6.31. The molecule has 1 atom stereocenters. The van der Waals surface area contributed by atoms with E-state index < -0.39 is 12.1 Å². The summed E-state index contributed by atoms with van der Waals surface area (Å²) in [5, 5.41) is 14.1. The molecule has 0 spiro atoms. The molecule has 0 aliphatic carbocycles. The average Bonchev–Trinajstić information content (AvgIpc) is 3.15. The summed E-state index contributed by atoms with van der Waals surface area (Å²) in [5.41, 5.74) is 6.88. The van der Waals surface area contributed by atoms with E-state index in [9.17, 15) is 14.7 Å². The summed E-state index contributed by atoms with van der Waals surface area (Å²) in [6.07, 6.45) is -0.950. The van der Waals surface area contributed by atoms with Crippen LogP contribution in [-0.2, 0) is 17.9 Å². The maximum Gasteiger partial charge on any atom is 0.345 e. The highest BCUT2D eigenvalue weighted by Gasteiger charge is 2.24. The first-order valence-corrected chi connectivity index (χ1v) is 14.0. The first-order chi connectivity index (χ1) is 19.0. The zero-order valence-corrected chi connectivity index (χ0v) is 24.7. The van der Waals surface area contributed by atoms with Gasteiger partial charge in [-0.25, -0.2) is 4.79 Å². The van der Waals surface area contributed by atoms with Gasteiger partial charge in [0.1, 0.15) is 5.75 Å². The van der Waals surface area contributed by atoms with Crippen molar-refractivity contribution in [1.82, 2.24) is 9.88 Å². The zero-order valence-electron chi connectivity index (χ0n) is 23.9. The predicted octanol–water partition coefficient (Wildman–Crippen LogP) is 7.50. The van der Waals surface area contributed by atoms with Crippen LogP contribution in [0.4, 0.5) is 0 Å². The van der Waals surface area contributed by atoms with E-state index in [1.54, 1.807) is 18.2 Å². The zero-order chi connectivity index (χ0) is 29.1. The van der Waals surface area contributed by atoms with Crippen LogP contribution in [0.2, 0.25) is 5.02 Å². The van der Waals surface area contributed by atoms with Crippen molar-refractivity contribution < 1.29 is 19.4 Å². The Morgan fingerprint density at radius 1 is 1.00 bits per heavy atom. The number of hydrogen-bond donors (Lipinski definition) is 2. The Kier molecular flexibility index (Phi) is 8.89.